The Kier molecular flexibility index (Phi) is 7.06. The molecule has 2 atom stereocenters. The molecule has 0 aliphatic carbocycles. The first-order chi connectivity index (χ1) is 18.1. The van der Waals surface area contributed by atoms with Gasteiger partial charge in [-0.1, -0.05) is 30.1 Å². The molecule has 4 aromatic rings. The predicted octanol–water partition coefficient (Wildman–Crippen LogP) is 4.44. The van der Waals surface area contributed by atoms with E-state index in [9.17, 15) is 9.18 Å². The van der Waals surface area contributed by atoms with Crippen molar-refractivity contribution in [2.24, 2.45) is 0 Å². The molecule has 0 unspecified atom stereocenters. The van der Waals surface area contributed by atoms with Gasteiger partial charge < -0.3 is 20.1 Å². The lowest BCUT2D eigenvalue weighted by Crippen LogP contribution is -2.46. The molecule has 9 nitrogen and oxygen atoms in total. The number of rotatable bonds is 7. The minimum absolute atomic E-state index is 0.0975. The number of hydrogen-bond donors (Lipinski definition) is 2. The van der Waals surface area contributed by atoms with E-state index in [0.29, 0.717) is 40.1 Å². The quantitative estimate of drug-likeness (QED) is 0.363. The highest BCUT2D eigenvalue weighted by atomic mass is 32.1. The van der Waals surface area contributed by atoms with Crippen LogP contribution < -0.4 is 10.6 Å². The highest BCUT2D eigenvalue weighted by molar-refractivity contribution is 7.14. The van der Waals surface area contributed by atoms with Crippen molar-refractivity contribution in [1.29, 1.82) is 0 Å². The number of anilines is 1. The molecule has 1 saturated heterocycles. The van der Waals surface area contributed by atoms with Gasteiger partial charge in [0.05, 0.1) is 23.7 Å². The van der Waals surface area contributed by atoms with Gasteiger partial charge in [-0.15, -0.1) is 10.2 Å². The van der Waals surface area contributed by atoms with Gasteiger partial charge in [-0.25, -0.2) is 8.91 Å². The molecule has 5 rings (SSSR count). The molecule has 2 N–H and O–H groups in total. The summed E-state index contributed by atoms with van der Waals surface area (Å²) in [6, 6.07) is 7.30. The SMILES string of the molecule is C=Cc1c(-c2nnc(CNC(=O)c3ccn(C(C)(C)C)c3)s2)nn2c(N[C@@H]3CCN(C)C[C@@H]3F)cccc12. The molecule has 38 heavy (non-hydrogen) atoms. The van der Waals surface area contributed by atoms with Crippen LogP contribution >= 0.6 is 11.3 Å². The summed E-state index contributed by atoms with van der Waals surface area (Å²) in [5.41, 5.74) is 2.81. The van der Waals surface area contributed by atoms with Crippen LogP contribution in [0.5, 0.6) is 0 Å². The second-order valence-electron chi connectivity index (χ2n) is 10.7. The smallest absolute Gasteiger partial charge is 0.253 e. The molecule has 1 amide bonds. The molecule has 5 heterocycles. The number of nitrogens with zero attached hydrogens (tertiary/aromatic N) is 6. The summed E-state index contributed by atoms with van der Waals surface area (Å²) in [6.07, 6.45) is 5.24. The van der Waals surface area contributed by atoms with E-state index < -0.39 is 6.17 Å². The van der Waals surface area contributed by atoms with Crippen molar-refractivity contribution < 1.29 is 9.18 Å². The van der Waals surface area contributed by atoms with Crippen LogP contribution in [0, 0.1) is 0 Å². The summed E-state index contributed by atoms with van der Waals surface area (Å²) in [5, 5.41) is 21.0. The molecule has 0 spiro atoms. The summed E-state index contributed by atoms with van der Waals surface area (Å²) >= 11 is 1.37. The van der Waals surface area contributed by atoms with E-state index in [4.69, 9.17) is 5.10 Å². The van der Waals surface area contributed by atoms with Crippen LogP contribution in [0.1, 0.15) is 48.1 Å². The van der Waals surface area contributed by atoms with E-state index in [1.54, 1.807) is 10.6 Å². The van der Waals surface area contributed by atoms with Gasteiger partial charge in [0.1, 0.15) is 22.7 Å². The number of nitrogens with one attached hydrogen (secondary N) is 2. The fourth-order valence-electron chi connectivity index (χ4n) is 4.59. The largest absolute Gasteiger partial charge is 0.364 e. The van der Waals surface area contributed by atoms with E-state index in [2.05, 4.69) is 48.2 Å². The predicted molar refractivity (Wildman–Crippen MR) is 149 cm³/mol. The molecular formula is C27H33FN8OS. The Morgan fingerprint density at radius 2 is 2.11 bits per heavy atom. The van der Waals surface area contributed by atoms with E-state index in [1.807, 2.05) is 53.2 Å². The average molecular weight is 537 g/mol. The van der Waals surface area contributed by atoms with Gasteiger partial charge in [-0.3, -0.25) is 4.79 Å². The number of aromatic nitrogens is 5. The van der Waals surface area contributed by atoms with Crippen molar-refractivity contribution in [3.63, 3.8) is 0 Å². The maximum atomic E-state index is 14.7. The lowest BCUT2D eigenvalue weighted by Gasteiger charge is -2.33. The van der Waals surface area contributed by atoms with Gasteiger partial charge in [0, 0.05) is 36.6 Å². The van der Waals surface area contributed by atoms with Crippen LogP contribution in [0.4, 0.5) is 10.2 Å². The van der Waals surface area contributed by atoms with E-state index in [0.717, 1.165) is 17.6 Å². The monoisotopic (exact) mass is 536 g/mol. The normalized spacial score (nSPS) is 18.6. The van der Waals surface area contributed by atoms with Crippen LogP contribution in [0.15, 0.2) is 43.2 Å². The fourth-order valence-corrected chi connectivity index (χ4v) is 5.37. The number of amides is 1. The Morgan fingerprint density at radius 3 is 2.82 bits per heavy atom. The molecule has 0 radical (unpaired) electrons. The van der Waals surface area contributed by atoms with Crippen molar-refractivity contribution in [2.75, 3.05) is 25.5 Å². The molecule has 0 bridgehead atoms. The number of fused-ring (bicyclic) bond motifs is 1. The third-order valence-electron chi connectivity index (χ3n) is 6.78. The Hall–Kier alpha value is -3.57. The number of carbonyl (C=O) groups excluding carboxylic acids is 1. The van der Waals surface area contributed by atoms with Gasteiger partial charge >= 0.3 is 0 Å². The summed E-state index contributed by atoms with van der Waals surface area (Å²) in [7, 11) is 1.94. The van der Waals surface area contributed by atoms with Crippen molar-refractivity contribution in [3.8, 4) is 10.7 Å². The molecular weight excluding hydrogens is 503 g/mol. The molecule has 0 aromatic carbocycles. The van der Waals surface area contributed by atoms with Gasteiger partial charge in [0.2, 0.25) is 0 Å². The first kappa shape index (κ1) is 26.1. The van der Waals surface area contributed by atoms with E-state index in [-0.39, 0.29) is 24.0 Å². The molecule has 0 saturated carbocycles. The Morgan fingerprint density at radius 1 is 1.29 bits per heavy atom. The average Bonchev–Trinajstić information content (AvgIpc) is 3.62. The second-order valence-corrected chi connectivity index (χ2v) is 11.7. The molecule has 4 aromatic heterocycles. The van der Waals surface area contributed by atoms with Crippen LogP contribution in [0.2, 0.25) is 0 Å². The van der Waals surface area contributed by atoms with Gasteiger partial charge in [0.15, 0.2) is 5.01 Å². The van der Waals surface area contributed by atoms with Gasteiger partial charge in [-0.2, -0.15) is 5.10 Å². The van der Waals surface area contributed by atoms with Crippen LogP contribution in [0.3, 0.4) is 0 Å². The summed E-state index contributed by atoms with van der Waals surface area (Å²) in [4.78, 5) is 14.7. The highest BCUT2D eigenvalue weighted by Crippen LogP contribution is 2.31. The Balaban J connectivity index is 1.34. The molecule has 1 fully saturated rings. The number of pyridine rings is 1. The third kappa shape index (κ3) is 5.21. The lowest BCUT2D eigenvalue weighted by atomic mass is 10.0. The number of hydrogen-bond acceptors (Lipinski definition) is 7. The van der Waals surface area contributed by atoms with Crippen molar-refractivity contribution in [3.05, 3.63) is 59.4 Å². The topological polar surface area (TPSA) is 92.4 Å². The maximum Gasteiger partial charge on any atom is 0.253 e. The minimum Gasteiger partial charge on any atom is -0.364 e. The van der Waals surface area contributed by atoms with Crippen molar-refractivity contribution in [1.82, 2.24) is 34.6 Å². The minimum atomic E-state index is -0.967. The first-order valence-corrected chi connectivity index (χ1v) is 13.5. The zero-order chi connectivity index (χ0) is 27.0. The van der Waals surface area contributed by atoms with Crippen LogP contribution in [-0.2, 0) is 12.1 Å². The maximum absolute atomic E-state index is 14.7. The van der Waals surface area contributed by atoms with E-state index in [1.165, 1.54) is 11.3 Å². The van der Waals surface area contributed by atoms with Crippen molar-refractivity contribution in [2.45, 2.75) is 51.5 Å². The Labute approximate surface area is 225 Å². The number of alkyl halides is 1. The number of piperidine rings is 1. The molecule has 1 aliphatic heterocycles. The standard InChI is InChI=1S/C27H33FN8OS/c1-6-18-21-8-7-9-22(30-20-11-12-34(5)16-19(20)28)36(21)33-24(18)26-32-31-23(38-26)14-29-25(37)17-10-13-35(15-17)27(2,3)4/h6-10,13,15,19-20,30H,1,11-12,14,16H2,2-5H3,(H,29,37)/t19-,20+/m0/s1. The van der Waals surface area contributed by atoms with Gasteiger partial charge in [-0.05, 0) is 52.4 Å². The Bertz CT molecular complexity index is 1470. The fraction of sp³-hybridized carbons (Fsp3) is 0.407. The highest BCUT2D eigenvalue weighted by Gasteiger charge is 2.28. The van der Waals surface area contributed by atoms with Crippen LogP contribution in [0.25, 0.3) is 22.3 Å². The van der Waals surface area contributed by atoms with Crippen molar-refractivity contribution >= 4 is 34.7 Å². The zero-order valence-corrected chi connectivity index (χ0v) is 22.9. The third-order valence-corrected chi connectivity index (χ3v) is 7.71. The number of carbonyl (C=O) groups is 1. The number of likely N-dealkylation sites (tertiary alicyclic amines) is 1. The molecule has 11 heteroatoms. The second kappa shape index (κ2) is 10.3. The van der Waals surface area contributed by atoms with Gasteiger partial charge in [0.25, 0.3) is 5.91 Å². The summed E-state index contributed by atoms with van der Waals surface area (Å²) in [6.45, 7) is 11.7. The molecule has 200 valence electrons. The van der Waals surface area contributed by atoms with E-state index >= 15 is 0 Å². The zero-order valence-electron chi connectivity index (χ0n) is 22.1. The first-order valence-electron chi connectivity index (χ1n) is 12.7. The summed E-state index contributed by atoms with van der Waals surface area (Å²) < 4.78 is 18.5. The summed E-state index contributed by atoms with van der Waals surface area (Å²) in [5.74, 6) is 0.549. The molecule has 1 aliphatic rings. The number of halogens is 1. The van der Waals surface area contributed by atoms with Crippen LogP contribution in [-0.4, -0.2) is 67.5 Å². The lowest BCUT2D eigenvalue weighted by molar-refractivity contribution is 0.0950.